The number of nitrogens with zero attached hydrogens (tertiary/aromatic N) is 2. The Morgan fingerprint density at radius 3 is 2.65 bits per heavy atom. The summed E-state index contributed by atoms with van der Waals surface area (Å²) in [7, 11) is 0. The van der Waals surface area contributed by atoms with E-state index in [4.69, 9.17) is 0 Å². The third-order valence-corrected chi connectivity index (χ3v) is 7.75. The molecule has 5 atom stereocenters. The Morgan fingerprint density at radius 1 is 1.22 bits per heavy atom. The van der Waals surface area contributed by atoms with Crippen LogP contribution >= 0.6 is 0 Å². The third-order valence-electron chi connectivity index (χ3n) is 7.75. The summed E-state index contributed by atoms with van der Waals surface area (Å²) in [6.07, 6.45) is 0.861. The molecular formula is C25H25F4N5O3. The zero-order chi connectivity index (χ0) is 26.5. The van der Waals surface area contributed by atoms with Crippen molar-refractivity contribution in [3.8, 4) is 6.07 Å². The van der Waals surface area contributed by atoms with E-state index in [0.717, 1.165) is 29.5 Å². The highest BCUT2D eigenvalue weighted by Gasteiger charge is 2.60. The summed E-state index contributed by atoms with van der Waals surface area (Å²) in [5.41, 5.74) is -0.476. The smallest absolute Gasteiger partial charge is 0.271 e. The second-order valence-corrected chi connectivity index (χ2v) is 10.0. The SMILES string of the molecule is N#C[C@@H](C[C@@H]1CCCNC1=O)NC(=O)[C@H]1[C@H]2CC[C@H](CC2(F)F)N1C(=O)c1cc2c(F)ccc(F)c2[nH]1. The molecule has 2 bridgehead atoms. The van der Waals surface area contributed by atoms with Gasteiger partial charge in [0.2, 0.25) is 11.8 Å². The minimum absolute atomic E-state index is 0.00224. The number of piperidine rings is 3. The molecule has 0 radical (unpaired) electrons. The van der Waals surface area contributed by atoms with Crippen LogP contribution in [0.4, 0.5) is 17.6 Å². The van der Waals surface area contributed by atoms with Gasteiger partial charge in [0.25, 0.3) is 11.8 Å². The van der Waals surface area contributed by atoms with Crippen LogP contribution in [0.25, 0.3) is 10.9 Å². The molecule has 196 valence electrons. The van der Waals surface area contributed by atoms with Crippen molar-refractivity contribution in [2.45, 2.75) is 62.6 Å². The first kappa shape index (κ1) is 25.0. The van der Waals surface area contributed by atoms with Gasteiger partial charge in [0, 0.05) is 30.3 Å². The van der Waals surface area contributed by atoms with Gasteiger partial charge in [-0.05, 0) is 50.3 Å². The molecule has 0 unspecified atom stereocenters. The number of halogens is 4. The number of H-pyrrole nitrogens is 1. The topological polar surface area (TPSA) is 118 Å². The fraction of sp³-hybridized carbons (Fsp3) is 0.520. The van der Waals surface area contributed by atoms with Crippen molar-refractivity contribution >= 4 is 28.6 Å². The minimum atomic E-state index is -3.22. The molecule has 4 fully saturated rings. The summed E-state index contributed by atoms with van der Waals surface area (Å²) in [6.45, 7) is 0.526. The molecule has 4 heterocycles. The van der Waals surface area contributed by atoms with Crippen LogP contribution in [-0.4, -0.2) is 58.2 Å². The Balaban J connectivity index is 1.43. The van der Waals surface area contributed by atoms with Gasteiger partial charge < -0.3 is 20.5 Å². The number of amides is 3. The number of nitriles is 1. The van der Waals surface area contributed by atoms with Gasteiger partial charge in [0.1, 0.15) is 29.4 Å². The maximum atomic E-state index is 14.9. The monoisotopic (exact) mass is 519 g/mol. The molecule has 37 heavy (non-hydrogen) atoms. The molecule has 3 saturated heterocycles. The molecular weight excluding hydrogens is 494 g/mol. The van der Waals surface area contributed by atoms with E-state index in [-0.39, 0.29) is 41.8 Å². The van der Waals surface area contributed by atoms with Gasteiger partial charge in [-0.2, -0.15) is 5.26 Å². The first-order valence-electron chi connectivity index (χ1n) is 12.3. The van der Waals surface area contributed by atoms with Crippen LogP contribution in [0.1, 0.15) is 49.0 Å². The average molecular weight is 519 g/mol. The highest BCUT2D eigenvalue weighted by Crippen LogP contribution is 2.49. The summed E-state index contributed by atoms with van der Waals surface area (Å²) in [5, 5.41) is 14.6. The summed E-state index contributed by atoms with van der Waals surface area (Å²) >= 11 is 0. The standard InChI is InChI=1S/C25H25F4N5O3/c26-17-5-6-18(27)20-15(17)9-19(33-20)24(37)34-14-3-4-16(25(28,29)10-14)21(34)23(36)32-13(11-30)8-12-2-1-7-31-22(12)35/h5-6,9,12-14,16,21,33H,1-4,7-8,10H2,(H,31,35)(H,32,36)/t12-,13+,14+,16+,21+/m0/s1. The van der Waals surface area contributed by atoms with Gasteiger partial charge >= 0.3 is 0 Å². The van der Waals surface area contributed by atoms with E-state index in [9.17, 15) is 37.2 Å². The second-order valence-electron chi connectivity index (χ2n) is 10.0. The van der Waals surface area contributed by atoms with E-state index < -0.39 is 65.8 Å². The number of carbonyl (C=O) groups excluding carboxylic acids is 3. The fourth-order valence-electron chi connectivity index (χ4n) is 5.95. The summed E-state index contributed by atoms with van der Waals surface area (Å²) in [4.78, 5) is 42.6. The molecule has 0 spiro atoms. The molecule has 2 aromatic rings. The van der Waals surface area contributed by atoms with Crippen LogP contribution in [-0.2, 0) is 9.59 Å². The molecule has 8 nitrogen and oxygen atoms in total. The van der Waals surface area contributed by atoms with E-state index in [1.807, 2.05) is 6.07 Å². The van der Waals surface area contributed by atoms with Gasteiger partial charge in [-0.1, -0.05) is 0 Å². The van der Waals surface area contributed by atoms with Gasteiger partial charge in [0.15, 0.2) is 0 Å². The molecule has 3 aliphatic heterocycles. The van der Waals surface area contributed by atoms with Crippen LogP contribution in [0.2, 0.25) is 0 Å². The van der Waals surface area contributed by atoms with Crippen LogP contribution in [0.3, 0.4) is 0 Å². The quantitative estimate of drug-likeness (QED) is 0.527. The Hall–Kier alpha value is -3.62. The molecule has 12 heteroatoms. The maximum Gasteiger partial charge on any atom is 0.271 e. The van der Waals surface area contributed by atoms with Gasteiger partial charge in [-0.3, -0.25) is 14.4 Å². The van der Waals surface area contributed by atoms with Crippen molar-refractivity contribution in [1.82, 2.24) is 20.5 Å². The lowest BCUT2D eigenvalue weighted by atomic mass is 9.71. The first-order valence-corrected chi connectivity index (χ1v) is 12.3. The zero-order valence-corrected chi connectivity index (χ0v) is 19.7. The Labute approximate surface area is 209 Å². The Morgan fingerprint density at radius 2 is 1.97 bits per heavy atom. The van der Waals surface area contributed by atoms with Crippen molar-refractivity contribution < 1.29 is 31.9 Å². The predicted octanol–water partition coefficient (Wildman–Crippen LogP) is 3.00. The normalized spacial score (nSPS) is 27.4. The van der Waals surface area contributed by atoms with Crippen LogP contribution in [0, 0.1) is 34.8 Å². The fourth-order valence-corrected chi connectivity index (χ4v) is 5.95. The summed E-state index contributed by atoms with van der Waals surface area (Å²) in [6, 6.07) is 1.14. The Kier molecular flexibility index (Phi) is 6.33. The number of hydrogen-bond acceptors (Lipinski definition) is 4. The summed E-state index contributed by atoms with van der Waals surface area (Å²) in [5.74, 6) is -8.76. The van der Waals surface area contributed by atoms with Crippen LogP contribution in [0.15, 0.2) is 18.2 Å². The highest BCUT2D eigenvalue weighted by molar-refractivity contribution is 6.01. The molecule has 4 aliphatic rings. The predicted molar refractivity (Wildman–Crippen MR) is 122 cm³/mol. The molecule has 1 aromatic carbocycles. The largest absolute Gasteiger partial charge is 0.356 e. The van der Waals surface area contributed by atoms with Crippen LogP contribution < -0.4 is 10.6 Å². The lowest BCUT2D eigenvalue weighted by molar-refractivity contribution is -0.179. The lowest BCUT2D eigenvalue weighted by Crippen LogP contribution is -2.68. The van der Waals surface area contributed by atoms with Crippen molar-refractivity contribution in [3.63, 3.8) is 0 Å². The second kappa shape index (κ2) is 9.36. The minimum Gasteiger partial charge on any atom is -0.356 e. The van der Waals surface area contributed by atoms with E-state index in [2.05, 4.69) is 15.6 Å². The molecule has 1 aromatic heterocycles. The zero-order valence-electron chi connectivity index (χ0n) is 19.7. The van der Waals surface area contributed by atoms with Crippen molar-refractivity contribution in [2.24, 2.45) is 11.8 Å². The number of aromatic nitrogens is 1. The molecule has 3 N–H and O–H groups in total. The van der Waals surface area contributed by atoms with E-state index in [1.165, 1.54) is 0 Å². The Bertz CT molecular complexity index is 1270. The molecule has 1 saturated carbocycles. The molecule has 1 aliphatic carbocycles. The van der Waals surface area contributed by atoms with E-state index >= 15 is 0 Å². The number of fused-ring (bicyclic) bond motifs is 4. The van der Waals surface area contributed by atoms with Gasteiger partial charge in [0.05, 0.1) is 17.5 Å². The summed E-state index contributed by atoms with van der Waals surface area (Å²) < 4.78 is 58.3. The number of hydrogen-bond donors (Lipinski definition) is 3. The van der Waals surface area contributed by atoms with E-state index in [0.29, 0.717) is 13.0 Å². The molecule has 3 amide bonds. The number of aromatic amines is 1. The van der Waals surface area contributed by atoms with Crippen molar-refractivity contribution in [1.29, 1.82) is 5.26 Å². The molecule has 6 rings (SSSR count). The number of rotatable bonds is 5. The average Bonchev–Trinajstić information content (AvgIpc) is 3.33. The highest BCUT2D eigenvalue weighted by atomic mass is 19.3. The van der Waals surface area contributed by atoms with Crippen LogP contribution in [0.5, 0.6) is 0 Å². The number of carbonyl (C=O) groups is 3. The third kappa shape index (κ3) is 4.40. The maximum absolute atomic E-state index is 14.9. The van der Waals surface area contributed by atoms with Crippen molar-refractivity contribution in [3.05, 3.63) is 35.5 Å². The van der Waals surface area contributed by atoms with E-state index in [1.54, 1.807) is 0 Å². The van der Waals surface area contributed by atoms with Gasteiger partial charge in [-0.15, -0.1) is 0 Å². The first-order chi connectivity index (χ1) is 17.6. The number of nitrogens with one attached hydrogen (secondary N) is 3. The number of benzene rings is 1. The van der Waals surface area contributed by atoms with Crippen molar-refractivity contribution in [2.75, 3.05) is 6.54 Å². The van der Waals surface area contributed by atoms with Gasteiger partial charge in [-0.25, -0.2) is 17.6 Å². The number of alkyl halides is 2. The lowest BCUT2D eigenvalue weighted by Gasteiger charge is -2.53.